The third kappa shape index (κ3) is 5.01. The molecular formula is C22H30N4O4. The fourth-order valence-corrected chi connectivity index (χ4v) is 3.87. The fraction of sp³-hybridized carbons (Fsp3) is 0.455. The zero-order valence-corrected chi connectivity index (χ0v) is 17.6. The second kappa shape index (κ2) is 10.3. The van der Waals surface area contributed by atoms with Gasteiger partial charge in [0.2, 0.25) is 0 Å². The molecule has 2 aliphatic heterocycles. The van der Waals surface area contributed by atoms with Gasteiger partial charge in [0, 0.05) is 50.5 Å². The zero-order valence-electron chi connectivity index (χ0n) is 17.6. The van der Waals surface area contributed by atoms with Gasteiger partial charge in [-0.1, -0.05) is 24.3 Å². The van der Waals surface area contributed by atoms with E-state index in [1.807, 2.05) is 30.3 Å². The van der Waals surface area contributed by atoms with E-state index < -0.39 is 12.0 Å². The number of nitrogens with zero attached hydrogens (tertiary/aromatic N) is 2. The largest absolute Gasteiger partial charge is 0.496 e. The minimum absolute atomic E-state index is 0.252. The van der Waals surface area contributed by atoms with E-state index in [0.717, 1.165) is 32.7 Å². The first-order valence-electron chi connectivity index (χ1n) is 10.2. The molecule has 2 N–H and O–H groups in total. The number of ether oxygens (including phenoxy) is 2. The lowest BCUT2D eigenvalue weighted by atomic mass is 9.94. The first-order chi connectivity index (χ1) is 14.6. The highest BCUT2D eigenvalue weighted by atomic mass is 16.5. The van der Waals surface area contributed by atoms with E-state index in [-0.39, 0.29) is 12.6 Å². The van der Waals surface area contributed by atoms with Crippen molar-refractivity contribution in [2.24, 2.45) is 0 Å². The van der Waals surface area contributed by atoms with Gasteiger partial charge in [0.1, 0.15) is 5.75 Å². The lowest BCUT2D eigenvalue weighted by molar-refractivity contribution is -0.139. The molecule has 162 valence electrons. The Morgan fingerprint density at radius 2 is 1.93 bits per heavy atom. The van der Waals surface area contributed by atoms with E-state index in [1.165, 1.54) is 0 Å². The minimum atomic E-state index is -0.647. The van der Waals surface area contributed by atoms with Gasteiger partial charge in [-0.2, -0.15) is 0 Å². The molecule has 0 radical (unpaired) electrons. The topological polar surface area (TPSA) is 83.1 Å². The lowest BCUT2D eigenvalue weighted by Gasteiger charge is -2.36. The number of hydrogen-bond donors (Lipinski definition) is 2. The van der Waals surface area contributed by atoms with Crippen LogP contribution in [0.15, 0.2) is 48.2 Å². The molecule has 3 rings (SSSR count). The van der Waals surface area contributed by atoms with Crippen molar-refractivity contribution < 1.29 is 19.1 Å². The van der Waals surface area contributed by atoms with Gasteiger partial charge in [-0.3, -0.25) is 9.80 Å². The number of amides is 2. The molecule has 8 heteroatoms. The lowest BCUT2D eigenvalue weighted by Crippen LogP contribution is -2.51. The van der Waals surface area contributed by atoms with Gasteiger partial charge < -0.3 is 20.1 Å². The van der Waals surface area contributed by atoms with Gasteiger partial charge in [0.25, 0.3) is 0 Å². The predicted molar refractivity (Wildman–Crippen MR) is 114 cm³/mol. The Bertz CT molecular complexity index is 815. The number of para-hydroxylation sites is 1. The van der Waals surface area contributed by atoms with Gasteiger partial charge in [0.05, 0.1) is 25.3 Å². The summed E-state index contributed by atoms with van der Waals surface area (Å²) in [4.78, 5) is 30.0. The Kier molecular flexibility index (Phi) is 7.48. The zero-order chi connectivity index (χ0) is 21.5. The fourth-order valence-electron chi connectivity index (χ4n) is 3.87. The molecule has 0 spiro atoms. The van der Waals surface area contributed by atoms with Crippen LogP contribution in [0.5, 0.6) is 5.75 Å². The highest BCUT2D eigenvalue weighted by Gasteiger charge is 2.36. The molecular weight excluding hydrogens is 384 g/mol. The monoisotopic (exact) mass is 414 g/mol. The maximum absolute atomic E-state index is 12.9. The number of esters is 1. The molecule has 0 bridgehead atoms. The summed E-state index contributed by atoms with van der Waals surface area (Å²) in [6, 6.07) is 6.37. The molecule has 1 aromatic carbocycles. The van der Waals surface area contributed by atoms with Crippen LogP contribution in [0.2, 0.25) is 0 Å². The average Bonchev–Trinajstić information content (AvgIpc) is 2.75. The van der Waals surface area contributed by atoms with Crippen molar-refractivity contribution in [3.05, 3.63) is 53.8 Å². The van der Waals surface area contributed by atoms with Gasteiger partial charge in [-0.05, 0) is 13.0 Å². The average molecular weight is 415 g/mol. The van der Waals surface area contributed by atoms with E-state index in [1.54, 1.807) is 14.0 Å². The molecule has 1 saturated heterocycles. The van der Waals surface area contributed by atoms with Gasteiger partial charge in [-0.15, -0.1) is 6.58 Å². The normalized spacial score (nSPS) is 20.3. The standard InChI is InChI=1S/C22H30N4O4/c1-4-10-25-11-13-26(14-12-25)15-17-19(21(27)30-5-2)20(24-22(28)23-17)16-8-6-7-9-18(16)29-3/h4,6-9,20H,1,5,10-15H2,2-3H3,(H2,23,24,28). The molecule has 30 heavy (non-hydrogen) atoms. The summed E-state index contributed by atoms with van der Waals surface area (Å²) in [6.45, 7) is 10.7. The van der Waals surface area contributed by atoms with E-state index in [2.05, 4.69) is 27.0 Å². The Morgan fingerprint density at radius 3 is 2.60 bits per heavy atom. The smallest absolute Gasteiger partial charge is 0.338 e. The number of nitrogens with one attached hydrogen (secondary N) is 2. The maximum atomic E-state index is 12.9. The number of methoxy groups -OCH3 is 1. The number of carbonyl (C=O) groups is 2. The van der Waals surface area contributed by atoms with Crippen LogP contribution in [-0.4, -0.2) is 74.8 Å². The number of urea groups is 1. The van der Waals surface area contributed by atoms with Crippen molar-refractivity contribution in [2.75, 3.05) is 53.0 Å². The summed E-state index contributed by atoms with van der Waals surface area (Å²) in [7, 11) is 1.57. The Hall–Kier alpha value is -2.84. The number of benzene rings is 1. The number of hydrogen-bond acceptors (Lipinski definition) is 6. The molecule has 0 saturated carbocycles. The number of carbonyl (C=O) groups excluding carboxylic acids is 2. The number of piperazine rings is 1. The van der Waals surface area contributed by atoms with Crippen LogP contribution in [0, 0.1) is 0 Å². The van der Waals surface area contributed by atoms with Gasteiger partial charge in [0.15, 0.2) is 0 Å². The summed E-state index contributed by atoms with van der Waals surface area (Å²) in [6.07, 6.45) is 1.90. The van der Waals surface area contributed by atoms with E-state index in [9.17, 15) is 9.59 Å². The van der Waals surface area contributed by atoms with Gasteiger partial charge >= 0.3 is 12.0 Å². The molecule has 2 heterocycles. The molecule has 8 nitrogen and oxygen atoms in total. The van der Waals surface area contributed by atoms with Crippen molar-refractivity contribution in [3.63, 3.8) is 0 Å². The summed E-state index contributed by atoms with van der Waals surface area (Å²) in [5, 5.41) is 5.70. The van der Waals surface area contributed by atoms with E-state index in [0.29, 0.717) is 29.1 Å². The molecule has 2 amide bonds. The van der Waals surface area contributed by atoms with Crippen LogP contribution in [-0.2, 0) is 9.53 Å². The molecule has 1 unspecified atom stereocenters. The van der Waals surface area contributed by atoms with E-state index >= 15 is 0 Å². The first kappa shape index (κ1) is 21.9. The van der Waals surface area contributed by atoms with Crippen molar-refractivity contribution in [1.82, 2.24) is 20.4 Å². The molecule has 0 aromatic heterocycles. The minimum Gasteiger partial charge on any atom is -0.496 e. The quantitative estimate of drug-likeness (QED) is 0.497. The summed E-state index contributed by atoms with van der Waals surface area (Å²) >= 11 is 0. The molecule has 1 fully saturated rings. The maximum Gasteiger partial charge on any atom is 0.338 e. The Balaban J connectivity index is 1.92. The van der Waals surface area contributed by atoms with Crippen LogP contribution in [0.4, 0.5) is 4.79 Å². The molecule has 2 aliphatic rings. The van der Waals surface area contributed by atoms with Crippen LogP contribution >= 0.6 is 0 Å². The van der Waals surface area contributed by atoms with Crippen molar-refractivity contribution in [3.8, 4) is 5.75 Å². The highest BCUT2D eigenvalue weighted by Crippen LogP contribution is 2.33. The molecule has 1 atom stereocenters. The van der Waals surface area contributed by atoms with Crippen molar-refractivity contribution in [2.45, 2.75) is 13.0 Å². The van der Waals surface area contributed by atoms with Crippen LogP contribution in [0.3, 0.4) is 0 Å². The SMILES string of the molecule is C=CCN1CCN(CC2=C(C(=O)OCC)C(c3ccccc3OC)NC(=O)N2)CC1. The van der Waals surface area contributed by atoms with Crippen LogP contribution in [0.25, 0.3) is 0 Å². The second-order valence-corrected chi connectivity index (χ2v) is 7.25. The second-order valence-electron chi connectivity index (χ2n) is 7.25. The van der Waals surface area contributed by atoms with Crippen LogP contribution in [0.1, 0.15) is 18.5 Å². The third-order valence-electron chi connectivity index (χ3n) is 5.33. The van der Waals surface area contributed by atoms with E-state index in [4.69, 9.17) is 9.47 Å². The highest BCUT2D eigenvalue weighted by molar-refractivity contribution is 5.95. The predicted octanol–water partition coefficient (Wildman–Crippen LogP) is 1.67. The Labute approximate surface area is 177 Å². The summed E-state index contributed by atoms with van der Waals surface area (Å²) in [5.41, 5.74) is 1.70. The number of rotatable bonds is 8. The van der Waals surface area contributed by atoms with Gasteiger partial charge in [-0.25, -0.2) is 9.59 Å². The molecule has 0 aliphatic carbocycles. The molecule has 1 aromatic rings. The third-order valence-corrected chi connectivity index (χ3v) is 5.33. The Morgan fingerprint density at radius 1 is 1.23 bits per heavy atom. The van der Waals surface area contributed by atoms with Crippen molar-refractivity contribution in [1.29, 1.82) is 0 Å². The van der Waals surface area contributed by atoms with Crippen LogP contribution < -0.4 is 15.4 Å². The first-order valence-corrected chi connectivity index (χ1v) is 10.2. The summed E-state index contributed by atoms with van der Waals surface area (Å²) in [5.74, 6) is 0.157. The van der Waals surface area contributed by atoms with Crippen molar-refractivity contribution >= 4 is 12.0 Å². The summed E-state index contributed by atoms with van der Waals surface area (Å²) < 4.78 is 10.8.